The lowest BCUT2D eigenvalue weighted by atomic mass is 9.76. The van der Waals surface area contributed by atoms with Gasteiger partial charge in [0.2, 0.25) is 5.90 Å². The van der Waals surface area contributed by atoms with E-state index < -0.39 is 11.6 Å². The van der Waals surface area contributed by atoms with Crippen molar-refractivity contribution in [3.63, 3.8) is 0 Å². The molecule has 2 aromatic rings. The van der Waals surface area contributed by atoms with E-state index in [1.165, 1.54) is 12.1 Å². The average molecular weight is 570 g/mol. The highest BCUT2D eigenvalue weighted by Gasteiger charge is 2.43. The van der Waals surface area contributed by atoms with Gasteiger partial charge in [-0.1, -0.05) is 29.8 Å². The zero-order chi connectivity index (χ0) is 28.9. The van der Waals surface area contributed by atoms with E-state index in [2.05, 4.69) is 24.8 Å². The summed E-state index contributed by atoms with van der Waals surface area (Å²) in [6.07, 6.45) is 9.07. The quantitative estimate of drug-likeness (QED) is 0.232. The minimum atomic E-state index is -0.819. The molecule has 2 heterocycles. The lowest BCUT2D eigenvalue weighted by Crippen LogP contribution is -2.30. The van der Waals surface area contributed by atoms with Gasteiger partial charge in [-0.15, -0.1) is 0 Å². The van der Waals surface area contributed by atoms with Gasteiger partial charge in [0.05, 0.1) is 5.57 Å². The fourth-order valence-corrected chi connectivity index (χ4v) is 5.55. The zero-order valence-electron chi connectivity index (χ0n) is 22.9. The molecule has 1 fully saturated rings. The normalized spacial score (nSPS) is 20.4. The number of anilines is 1. The number of hydrogen-bond donors (Lipinski definition) is 2. The first-order valence-corrected chi connectivity index (χ1v) is 13.6. The number of nitrogens with one attached hydrogen (secondary N) is 1. The van der Waals surface area contributed by atoms with Gasteiger partial charge in [-0.3, -0.25) is 11.1 Å². The van der Waals surface area contributed by atoms with E-state index in [9.17, 15) is 8.78 Å². The molecule has 5 rings (SSSR count). The molecule has 212 valence electrons. The Balaban J connectivity index is 0.000000201. The van der Waals surface area contributed by atoms with Crippen molar-refractivity contribution in [2.45, 2.75) is 39.0 Å². The summed E-state index contributed by atoms with van der Waals surface area (Å²) in [7, 11) is 0. The van der Waals surface area contributed by atoms with Crippen molar-refractivity contribution in [3.8, 4) is 0 Å². The first-order valence-electron chi connectivity index (χ1n) is 13.2. The molecule has 3 aliphatic rings. The van der Waals surface area contributed by atoms with Crippen molar-refractivity contribution >= 4 is 23.2 Å². The molecule has 2 aromatic carbocycles. The van der Waals surface area contributed by atoms with Crippen LogP contribution in [-0.2, 0) is 26.0 Å². The molecular weight excluding hydrogens is 536 g/mol. The average Bonchev–Trinajstić information content (AvgIpc) is 3.05. The van der Waals surface area contributed by atoms with Crippen LogP contribution in [0, 0.1) is 17.0 Å². The monoisotopic (exact) mass is 569 g/mol. The van der Waals surface area contributed by atoms with E-state index >= 15 is 0 Å². The summed E-state index contributed by atoms with van der Waals surface area (Å²) in [4.78, 5) is 2.26. The van der Waals surface area contributed by atoms with E-state index in [-0.39, 0.29) is 18.0 Å². The van der Waals surface area contributed by atoms with Gasteiger partial charge < -0.3 is 19.1 Å². The van der Waals surface area contributed by atoms with Crippen molar-refractivity contribution < 1.29 is 23.0 Å². The first-order chi connectivity index (χ1) is 19.2. The number of fused-ring (bicyclic) bond motifs is 2. The molecule has 0 amide bonds. The van der Waals surface area contributed by atoms with Crippen LogP contribution in [0.3, 0.4) is 0 Å². The molecule has 0 spiro atoms. The van der Waals surface area contributed by atoms with Gasteiger partial charge in [0.1, 0.15) is 19.9 Å². The number of likely N-dealkylation sites (N-methyl/N-ethyl adjacent to an activating group) is 1. The minimum Gasteiger partial charge on any atom is -0.486 e. The van der Waals surface area contributed by atoms with Crippen LogP contribution in [0.2, 0.25) is 5.02 Å². The highest BCUT2D eigenvalue weighted by Crippen LogP contribution is 2.50. The second-order valence-electron chi connectivity index (χ2n) is 9.62. The molecule has 1 unspecified atom stereocenters. The molecule has 6 nitrogen and oxygen atoms in total. The van der Waals surface area contributed by atoms with Gasteiger partial charge in [-0.25, -0.2) is 8.78 Å². The summed E-state index contributed by atoms with van der Waals surface area (Å²) < 4.78 is 42.9. The second kappa shape index (κ2) is 12.7. The third-order valence-electron chi connectivity index (χ3n) is 7.08. The van der Waals surface area contributed by atoms with Crippen molar-refractivity contribution in [1.82, 2.24) is 0 Å². The summed E-state index contributed by atoms with van der Waals surface area (Å²) in [5.74, 6) is -0.378. The number of allylic oxidation sites excluding steroid dienone is 4. The summed E-state index contributed by atoms with van der Waals surface area (Å²) in [6, 6.07) is 10.0. The lowest BCUT2D eigenvalue weighted by molar-refractivity contribution is 0.0582. The molecule has 0 saturated carbocycles. The molecule has 0 aromatic heterocycles. The maximum atomic E-state index is 13.6. The van der Waals surface area contributed by atoms with Crippen LogP contribution in [0.25, 0.3) is 0 Å². The van der Waals surface area contributed by atoms with E-state index in [4.69, 9.17) is 37.0 Å². The van der Waals surface area contributed by atoms with Crippen LogP contribution in [0.4, 0.5) is 14.5 Å². The highest BCUT2D eigenvalue weighted by atomic mass is 35.5. The van der Waals surface area contributed by atoms with Gasteiger partial charge in [-0.2, -0.15) is 0 Å². The molecule has 1 saturated heterocycles. The number of hydrogen-bond acceptors (Lipinski definition) is 6. The highest BCUT2D eigenvalue weighted by molar-refractivity contribution is 6.30. The van der Waals surface area contributed by atoms with Crippen LogP contribution >= 0.6 is 11.6 Å². The molecule has 3 N–H and O–H groups in total. The van der Waals surface area contributed by atoms with Gasteiger partial charge in [0.25, 0.3) is 0 Å². The number of nitrogens with zero attached hydrogens (tertiary/aromatic N) is 1. The first kappa shape index (κ1) is 29.4. The molecular formula is C31H34ClF2N3O3. The molecule has 40 heavy (non-hydrogen) atoms. The molecule has 1 aliphatic carbocycles. The lowest BCUT2D eigenvalue weighted by Gasteiger charge is -2.30. The number of nitrogens with two attached hydrogens (primary N) is 1. The Morgan fingerprint density at radius 2 is 1.95 bits per heavy atom. The van der Waals surface area contributed by atoms with Crippen molar-refractivity contribution in [2.24, 2.45) is 5.73 Å². The predicted octanol–water partition coefficient (Wildman–Crippen LogP) is 6.90. The van der Waals surface area contributed by atoms with Gasteiger partial charge >= 0.3 is 0 Å². The fourth-order valence-electron chi connectivity index (χ4n) is 5.38. The minimum absolute atomic E-state index is 0.00653. The maximum Gasteiger partial charge on any atom is 0.218 e. The molecule has 0 bridgehead atoms. The Bertz CT molecular complexity index is 1400. The van der Waals surface area contributed by atoms with E-state index in [0.29, 0.717) is 41.7 Å². The molecule has 9 heteroatoms. The Labute approximate surface area is 238 Å². The SMILES string of the molecule is C/C=C1\N(CC)c2ccc(Cl)cc2C1(C)Cc1ccc(F)c(F)c1.N=C(OCN)C1=C2OCCOC2=CCC=C1. The molecule has 0 radical (unpaired) electrons. The van der Waals surface area contributed by atoms with Crippen LogP contribution in [0.15, 0.2) is 83.5 Å². The van der Waals surface area contributed by atoms with Crippen LogP contribution in [0.1, 0.15) is 38.3 Å². The summed E-state index contributed by atoms with van der Waals surface area (Å²) in [6.45, 7) is 8.08. The summed E-state index contributed by atoms with van der Waals surface area (Å²) in [5.41, 5.74) is 9.65. The van der Waals surface area contributed by atoms with Gasteiger partial charge in [-0.05, 0) is 87.2 Å². The molecule has 2 aliphatic heterocycles. The predicted molar refractivity (Wildman–Crippen MR) is 154 cm³/mol. The molecule has 1 atom stereocenters. The summed E-state index contributed by atoms with van der Waals surface area (Å²) in [5, 5.41) is 8.41. The Kier molecular flexibility index (Phi) is 9.32. The maximum absolute atomic E-state index is 13.6. The third kappa shape index (κ3) is 5.93. The van der Waals surface area contributed by atoms with Gasteiger partial charge in [0.15, 0.2) is 23.2 Å². The Morgan fingerprint density at radius 1 is 1.18 bits per heavy atom. The second-order valence-corrected chi connectivity index (χ2v) is 10.1. The van der Waals surface area contributed by atoms with Crippen LogP contribution in [-0.4, -0.2) is 32.4 Å². The van der Waals surface area contributed by atoms with Crippen LogP contribution < -0.4 is 10.6 Å². The number of rotatable bonds is 5. The number of halogens is 3. The van der Waals surface area contributed by atoms with E-state index in [1.54, 1.807) is 12.1 Å². The van der Waals surface area contributed by atoms with Crippen molar-refractivity contribution in [2.75, 3.05) is 31.4 Å². The number of ether oxygens (including phenoxy) is 3. The Hall–Kier alpha value is -3.62. The topological polar surface area (TPSA) is 80.8 Å². The number of benzene rings is 2. The fraction of sp³-hybridized carbons (Fsp3) is 0.323. The largest absolute Gasteiger partial charge is 0.486 e. The zero-order valence-corrected chi connectivity index (χ0v) is 23.7. The Morgan fingerprint density at radius 3 is 2.65 bits per heavy atom. The van der Waals surface area contributed by atoms with Crippen LogP contribution in [0.5, 0.6) is 0 Å². The smallest absolute Gasteiger partial charge is 0.218 e. The van der Waals surface area contributed by atoms with E-state index in [1.807, 2.05) is 37.3 Å². The standard InChI is InChI=1S/C20H20ClF2N.C11H14N2O3/c1-4-19-20(3,12-13-6-8-16(22)17(23)10-13)15-11-14(21)7-9-18(15)24(19)5-2;12-7-16-11(13)8-3-1-2-4-9-10(8)15-6-5-14-9/h4,6-11H,5,12H2,1-3H3;1,3-4,13H,2,5-7,12H2/b19-4-;. The van der Waals surface area contributed by atoms with E-state index in [0.717, 1.165) is 35.5 Å². The third-order valence-corrected chi connectivity index (χ3v) is 7.32. The summed E-state index contributed by atoms with van der Waals surface area (Å²) >= 11 is 6.23. The van der Waals surface area contributed by atoms with Crippen molar-refractivity contribution in [3.05, 3.63) is 111 Å². The van der Waals surface area contributed by atoms with Crippen molar-refractivity contribution in [1.29, 1.82) is 5.41 Å². The van der Waals surface area contributed by atoms with Gasteiger partial charge in [0, 0.05) is 28.4 Å².